The number of benzene rings is 1. The number of rotatable bonds is 2. The molecule has 0 aliphatic heterocycles. The molecule has 1 heteroatoms. The predicted octanol–water partition coefficient (Wildman–Crippen LogP) is 3.51. The first kappa shape index (κ1) is 9.24. The molecule has 0 atom stereocenters. The lowest BCUT2D eigenvalue weighted by Gasteiger charge is -2.11. The largest absolute Gasteiger partial charge is 0.207 e. The molecule has 0 amide bonds. The Morgan fingerprint density at radius 3 is 2.42 bits per heavy atom. The lowest BCUT2D eigenvalue weighted by Crippen LogP contribution is -1.97. The molecule has 0 saturated heterocycles. The van der Waals surface area contributed by atoms with Crippen molar-refractivity contribution in [3.05, 3.63) is 35.1 Å². The highest BCUT2D eigenvalue weighted by Crippen LogP contribution is 2.21. The molecule has 0 saturated carbocycles. The Morgan fingerprint density at radius 2 is 2.00 bits per heavy atom. The second kappa shape index (κ2) is 3.70. The van der Waals surface area contributed by atoms with Crippen LogP contribution in [0, 0.1) is 5.82 Å². The topological polar surface area (TPSA) is 0 Å². The molecule has 0 bridgehead atoms. The first-order chi connectivity index (χ1) is 5.66. The monoisotopic (exact) mass is 166 g/mol. The van der Waals surface area contributed by atoms with E-state index in [1.54, 1.807) is 6.07 Å². The zero-order valence-corrected chi connectivity index (χ0v) is 7.89. The highest BCUT2D eigenvalue weighted by Gasteiger charge is 2.08. The summed E-state index contributed by atoms with van der Waals surface area (Å²) in [5, 5.41) is 0. The maximum Gasteiger partial charge on any atom is 0.126 e. The molecule has 1 aromatic carbocycles. The van der Waals surface area contributed by atoms with Crippen LogP contribution < -0.4 is 0 Å². The Balaban J connectivity index is 3.18. The van der Waals surface area contributed by atoms with E-state index in [4.69, 9.17) is 0 Å². The van der Waals surface area contributed by atoms with Crippen molar-refractivity contribution in [2.24, 2.45) is 0 Å². The van der Waals surface area contributed by atoms with Gasteiger partial charge in [0.2, 0.25) is 0 Å². The molecule has 0 fully saturated rings. The number of hydrogen-bond acceptors (Lipinski definition) is 0. The minimum absolute atomic E-state index is 0.0660. The van der Waals surface area contributed by atoms with Gasteiger partial charge in [-0.1, -0.05) is 32.9 Å². The van der Waals surface area contributed by atoms with Crippen molar-refractivity contribution in [1.29, 1.82) is 0 Å². The third-order valence-electron chi connectivity index (χ3n) is 2.13. The molecule has 0 N–H and O–H groups in total. The molecule has 0 radical (unpaired) electrons. The Morgan fingerprint density at radius 1 is 1.33 bits per heavy atom. The minimum atomic E-state index is -0.0660. The maximum absolute atomic E-state index is 13.2. The van der Waals surface area contributed by atoms with Crippen LogP contribution in [0.25, 0.3) is 0 Å². The third-order valence-corrected chi connectivity index (χ3v) is 2.13. The van der Waals surface area contributed by atoms with Crippen molar-refractivity contribution in [2.75, 3.05) is 0 Å². The Kier molecular flexibility index (Phi) is 2.85. The quantitative estimate of drug-likeness (QED) is 0.630. The van der Waals surface area contributed by atoms with Gasteiger partial charge >= 0.3 is 0 Å². The summed E-state index contributed by atoms with van der Waals surface area (Å²) >= 11 is 0. The summed E-state index contributed by atoms with van der Waals surface area (Å²) in [4.78, 5) is 0. The third kappa shape index (κ3) is 1.66. The van der Waals surface area contributed by atoms with Crippen LogP contribution in [0.5, 0.6) is 0 Å². The van der Waals surface area contributed by atoms with Crippen LogP contribution in [0.15, 0.2) is 18.2 Å². The molecule has 12 heavy (non-hydrogen) atoms. The lowest BCUT2D eigenvalue weighted by atomic mass is 9.95. The van der Waals surface area contributed by atoms with E-state index < -0.39 is 0 Å². The van der Waals surface area contributed by atoms with E-state index in [0.29, 0.717) is 5.92 Å². The van der Waals surface area contributed by atoms with Crippen molar-refractivity contribution >= 4 is 0 Å². The molecule has 0 aliphatic carbocycles. The molecule has 66 valence electrons. The molecule has 1 aromatic rings. The van der Waals surface area contributed by atoms with Crippen LogP contribution >= 0.6 is 0 Å². The average Bonchev–Trinajstić information content (AvgIpc) is 2.03. The molecule has 0 unspecified atom stereocenters. The fourth-order valence-electron chi connectivity index (χ4n) is 1.49. The first-order valence-electron chi connectivity index (χ1n) is 4.44. The van der Waals surface area contributed by atoms with Gasteiger partial charge in [-0.15, -0.1) is 0 Å². The second-order valence-electron chi connectivity index (χ2n) is 3.32. The van der Waals surface area contributed by atoms with Gasteiger partial charge in [0.15, 0.2) is 0 Å². The fourth-order valence-corrected chi connectivity index (χ4v) is 1.49. The predicted molar refractivity (Wildman–Crippen MR) is 49.9 cm³/mol. The van der Waals surface area contributed by atoms with Crippen LogP contribution in [0.2, 0.25) is 0 Å². The van der Waals surface area contributed by atoms with Gasteiger partial charge in [0.05, 0.1) is 0 Å². The smallest absolute Gasteiger partial charge is 0.126 e. The second-order valence-corrected chi connectivity index (χ2v) is 3.32. The molecule has 0 heterocycles. The summed E-state index contributed by atoms with van der Waals surface area (Å²) in [7, 11) is 0. The molecule has 0 nitrogen and oxygen atoms in total. The van der Waals surface area contributed by atoms with Crippen molar-refractivity contribution in [3.8, 4) is 0 Å². The average molecular weight is 166 g/mol. The van der Waals surface area contributed by atoms with Crippen molar-refractivity contribution in [1.82, 2.24) is 0 Å². The van der Waals surface area contributed by atoms with E-state index in [0.717, 1.165) is 17.5 Å². The SMILES string of the molecule is CCc1c(F)cccc1C(C)C. The molecular weight excluding hydrogens is 151 g/mol. The normalized spacial score (nSPS) is 10.8. The van der Waals surface area contributed by atoms with E-state index in [1.165, 1.54) is 6.07 Å². The van der Waals surface area contributed by atoms with Gasteiger partial charge in [0.1, 0.15) is 5.82 Å². The van der Waals surface area contributed by atoms with Crippen LogP contribution in [-0.4, -0.2) is 0 Å². The Bertz CT molecular complexity index is 264. The van der Waals surface area contributed by atoms with Crippen molar-refractivity contribution in [2.45, 2.75) is 33.1 Å². The van der Waals surface area contributed by atoms with E-state index >= 15 is 0 Å². The molecule has 0 aliphatic rings. The van der Waals surface area contributed by atoms with Gasteiger partial charge in [-0.25, -0.2) is 4.39 Å². The number of hydrogen-bond donors (Lipinski definition) is 0. The maximum atomic E-state index is 13.2. The number of halogens is 1. The summed E-state index contributed by atoms with van der Waals surface area (Å²) in [6.45, 7) is 6.17. The molecule has 0 spiro atoms. The summed E-state index contributed by atoms with van der Waals surface area (Å²) in [6.07, 6.45) is 0.778. The van der Waals surface area contributed by atoms with Crippen LogP contribution in [0.3, 0.4) is 0 Å². The van der Waals surface area contributed by atoms with Gasteiger partial charge in [-0.2, -0.15) is 0 Å². The minimum Gasteiger partial charge on any atom is -0.207 e. The van der Waals surface area contributed by atoms with Crippen LogP contribution in [-0.2, 0) is 6.42 Å². The highest BCUT2D eigenvalue weighted by atomic mass is 19.1. The van der Waals surface area contributed by atoms with E-state index in [2.05, 4.69) is 13.8 Å². The zero-order valence-electron chi connectivity index (χ0n) is 7.89. The standard InChI is InChI=1S/C11H15F/c1-4-9-10(8(2)3)6-5-7-11(9)12/h5-8H,4H2,1-3H3. The lowest BCUT2D eigenvalue weighted by molar-refractivity contribution is 0.605. The highest BCUT2D eigenvalue weighted by molar-refractivity contribution is 5.30. The fraction of sp³-hybridized carbons (Fsp3) is 0.455. The van der Waals surface area contributed by atoms with E-state index in [9.17, 15) is 4.39 Å². The summed E-state index contributed by atoms with van der Waals surface area (Å²) in [5.74, 6) is 0.347. The molecule has 1 rings (SSSR count). The van der Waals surface area contributed by atoms with Crippen molar-refractivity contribution < 1.29 is 4.39 Å². The van der Waals surface area contributed by atoms with Crippen LogP contribution in [0.4, 0.5) is 4.39 Å². The molecule has 0 aromatic heterocycles. The van der Waals surface area contributed by atoms with E-state index in [1.807, 2.05) is 13.0 Å². The molecular formula is C11H15F. The van der Waals surface area contributed by atoms with Gasteiger partial charge in [-0.3, -0.25) is 0 Å². The Hall–Kier alpha value is -0.850. The summed E-state index contributed by atoms with van der Waals surface area (Å²) < 4.78 is 13.2. The van der Waals surface area contributed by atoms with E-state index in [-0.39, 0.29) is 5.82 Å². The Labute approximate surface area is 73.4 Å². The van der Waals surface area contributed by atoms with Gasteiger partial charge in [-0.05, 0) is 29.5 Å². The van der Waals surface area contributed by atoms with Gasteiger partial charge < -0.3 is 0 Å². The summed E-state index contributed by atoms with van der Waals surface area (Å²) in [6, 6.07) is 5.32. The van der Waals surface area contributed by atoms with Crippen molar-refractivity contribution in [3.63, 3.8) is 0 Å². The first-order valence-corrected chi connectivity index (χ1v) is 4.44. The zero-order chi connectivity index (χ0) is 9.14. The van der Waals surface area contributed by atoms with Crippen LogP contribution in [0.1, 0.15) is 37.8 Å². The van der Waals surface area contributed by atoms with Gasteiger partial charge in [0.25, 0.3) is 0 Å². The summed E-state index contributed by atoms with van der Waals surface area (Å²) in [5.41, 5.74) is 2.00. The van der Waals surface area contributed by atoms with Gasteiger partial charge in [0, 0.05) is 0 Å².